The fourth-order valence-electron chi connectivity index (χ4n) is 6.45. The van der Waals surface area contributed by atoms with Crippen molar-refractivity contribution in [2.24, 2.45) is 11.3 Å². The summed E-state index contributed by atoms with van der Waals surface area (Å²) in [6, 6.07) is 8.23. The van der Waals surface area contributed by atoms with Crippen LogP contribution in [0.5, 0.6) is 5.75 Å². The van der Waals surface area contributed by atoms with Crippen LogP contribution in [0.25, 0.3) is 22.4 Å². The van der Waals surface area contributed by atoms with Gasteiger partial charge in [-0.2, -0.15) is 5.10 Å². The van der Waals surface area contributed by atoms with Gasteiger partial charge in [0.1, 0.15) is 11.8 Å². The van der Waals surface area contributed by atoms with Crippen LogP contribution in [0, 0.1) is 11.3 Å². The SMILES string of the molecule is CC(C)(C)[C@H](NC(=O)CCCCN1CCC[C@@H](Cn2cc(-c3cc(-c4ccccc4O)nnc3N)cn2)C1)C(=O)N1CC[C@@H](O)C1. The Hall–Kier alpha value is -4.03. The molecule has 5 N–H and O–H groups in total. The summed E-state index contributed by atoms with van der Waals surface area (Å²) in [6.07, 6.45) is 8.17. The quantitative estimate of drug-likeness (QED) is 0.232. The Morgan fingerprint density at radius 2 is 1.89 bits per heavy atom. The molecular formula is C34H48N8O4. The van der Waals surface area contributed by atoms with Gasteiger partial charge in [0.15, 0.2) is 5.82 Å². The number of carbonyl (C=O) groups is 2. The third-order valence-corrected chi connectivity index (χ3v) is 9.02. The van der Waals surface area contributed by atoms with Gasteiger partial charge in [-0.1, -0.05) is 32.9 Å². The van der Waals surface area contributed by atoms with Crippen molar-refractivity contribution >= 4 is 17.6 Å². The second-order valence-electron chi connectivity index (χ2n) is 13.9. The van der Waals surface area contributed by atoms with E-state index >= 15 is 0 Å². The van der Waals surface area contributed by atoms with Crippen LogP contribution in [-0.2, 0) is 16.1 Å². The number of nitrogen functional groups attached to an aromatic ring is 1. The van der Waals surface area contributed by atoms with E-state index in [9.17, 15) is 19.8 Å². The van der Waals surface area contributed by atoms with E-state index in [1.807, 2.05) is 43.8 Å². The van der Waals surface area contributed by atoms with E-state index in [1.165, 1.54) is 0 Å². The summed E-state index contributed by atoms with van der Waals surface area (Å²) in [5.41, 5.74) is 8.47. The number of benzene rings is 1. The maximum absolute atomic E-state index is 13.1. The maximum Gasteiger partial charge on any atom is 0.245 e. The number of anilines is 1. The van der Waals surface area contributed by atoms with Crippen molar-refractivity contribution in [3.63, 3.8) is 0 Å². The molecule has 0 radical (unpaired) electrons. The highest BCUT2D eigenvalue weighted by Crippen LogP contribution is 2.32. The van der Waals surface area contributed by atoms with Gasteiger partial charge in [0.05, 0.1) is 18.0 Å². The van der Waals surface area contributed by atoms with E-state index < -0.39 is 17.6 Å². The Labute approximate surface area is 271 Å². The summed E-state index contributed by atoms with van der Waals surface area (Å²) < 4.78 is 1.96. The molecule has 4 heterocycles. The molecule has 2 fully saturated rings. The van der Waals surface area contributed by atoms with Crippen LogP contribution in [0.15, 0.2) is 42.7 Å². The van der Waals surface area contributed by atoms with Crippen molar-refractivity contribution in [2.45, 2.75) is 78.0 Å². The van der Waals surface area contributed by atoms with Crippen LogP contribution < -0.4 is 11.1 Å². The minimum atomic E-state index is -0.610. The minimum absolute atomic E-state index is 0.100. The molecule has 0 unspecified atom stereocenters. The highest BCUT2D eigenvalue weighted by atomic mass is 16.3. The number of amides is 2. The molecule has 46 heavy (non-hydrogen) atoms. The summed E-state index contributed by atoms with van der Waals surface area (Å²) in [4.78, 5) is 30.1. The average molecular weight is 633 g/mol. The predicted molar refractivity (Wildman–Crippen MR) is 176 cm³/mol. The molecule has 0 saturated carbocycles. The maximum atomic E-state index is 13.1. The zero-order valence-electron chi connectivity index (χ0n) is 27.2. The van der Waals surface area contributed by atoms with Gasteiger partial charge in [-0.05, 0) is 74.7 Å². The van der Waals surface area contributed by atoms with Gasteiger partial charge in [-0.25, -0.2) is 0 Å². The summed E-state index contributed by atoms with van der Waals surface area (Å²) in [5, 5.41) is 36.0. The number of aliphatic hydroxyl groups is 1. The molecule has 2 amide bonds. The molecule has 2 aliphatic heterocycles. The molecule has 12 nitrogen and oxygen atoms in total. The fraction of sp³-hybridized carbons (Fsp3) is 0.559. The Kier molecular flexibility index (Phi) is 10.6. The van der Waals surface area contributed by atoms with Gasteiger partial charge in [-0.15, -0.1) is 10.2 Å². The Morgan fingerprint density at radius 1 is 1.09 bits per heavy atom. The lowest BCUT2D eigenvalue weighted by Gasteiger charge is -2.33. The zero-order valence-corrected chi connectivity index (χ0v) is 27.2. The van der Waals surface area contributed by atoms with Crippen molar-refractivity contribution in [3.8, 4) is 28.1 Å². The number of aromatic hydroxyl groups is 1. The van der Waals surface area contributed by atoms with Crippen LogP contribution in [0.3, 0.4) is 0 Å². The molecule has 0 aliphatic carbocycles. The molecular weight excluding hydrogens is 584 g/mol. The summed E-state index contributed by atoms with van der Waals surface area (Å²) >= 11 is 0. The zero-order chi connectivity index (χ0) is 32.8. The average Bonchev–Trinajstić information content (AvgIpc) is 3.67. The van der Waals surface area contributed by atoms with Gasteiger partial charge in [-0.3, -0.25) is 14.3 Å². The smallest absolute Gasteiger partial charge is 0.245 e. The number of hydrogen-bond acceptors (Lipinski definition) is 9. The molecule has 1 aromatic carbocycles. The lowest BCUT2D eigenvalue weighted by Crippen LogP contribution is -2.54. The monoisotopic (exact) mass is 632 g/mol. The first-order valence-electron chi connectivity index (χ1n) is 16.4. The third kappa shape index (κ3) is 8.41. The van der Waals surface area contributed by atoms with Gasteiger partial charge in [0.2, 0.25) is 11.8 Å². The van der Waals surface area contributed by atoms with Gasteiger partial charge < -0.3 is 31.1 Å². The first-order chi connectivity index (χ1) is 22.0. The second kappa shape index (κ2) is 14.6. The van der Waals surface area contributed by atoms with Crippen molar-refractivity contribution < 1.29 is 19.8 Å². The van der Waals surface area contributed by atoms with Crippen LogP contribution in [0.1, 0.15) is 59.3 Å². The van der Waals surface area contributed by atoms with E-state index in [-0.39, 0.29) is 17.6 Å². The van der Waals surface area contributed by atoms with Crippen LogP contribution in [0.2, 0.25) is 0 Å². The van der Waals surface area contributed by atoms with E-state index in [0.717, 1.165) is 63.0 Å². The summed E-state index contributed by atoms with van der Waals surface area (Å²) in [7, 11) is 0. The van der Waals surface area contributed by atoms with Crippen molar-refractivity contribution in [1.29, 1.82) is 0 Å². The number of nitrogens with two attached hydrogens (primary N) is 1. The molecule has 3 aromatic rings. The number of aromatic nitrogens is 4. The number of aliphatic hydroxyl groups excluding tert-OH is 1. The van der Waals surface area contributed by atoms with E-state index in [0.29, 0.717) is 48.9 Å². The Morgan fingerprint density at radius 3 is 2.63 bits per heavy atom. The first kappa shape index (κ1) is 33.3. The lowest BCUT2D eigenvalue weighted by atomic mass is 9.85. The molecule has 5 rings (SSSR count). The second-order valence-corrected chi connectivity index (χ2v) is 13.9. The van der Waals surface area contributed by atoms with Crippen LogP contribution in [-0.4, -0.2) is 96.7 Å². The molecule has 2 aromatic heterocycles. The summed E-state index contributed by atoms with van der Waals surface area (Å²) in [6.45, 7) is 10.5. The molecule has 0 bridgehead atoms. The highest BCUT2D eigenvalue weighted by molar-refractivity contribution is 5.88. The number of carbonyl (C=O) groups excluding carboxylic acids is 2. The normalized spacial score (nSPS) is 19.7. The van der Waals surface area contributed by atoms with E-state index in [1.54, 1.807) is 29.3 Å². The molecule has 2 aliphatic rings. The number of rotatable bonds is 11. The van der Waals surface area contributed by atoms with Gasteiger partial charge in [0, 0.05) is 55.5 Å². The number of nitrogens with zero attached hydrogens (tertiary/aromatic N) is 6. The fourth-order valence-corrected chi connectivity index (χ4v) is 6.45. The number of likely N-dealkylation sites (tertiary alicyclic amines) is 2. The molecule has 2 saturated heterocycles. The Balaban J connectivity index is 1.08. The van der Waals surface area contributed by atoms with Crippen LogP contribution >= 0.6 is 0 Å². The highest BCUT2D eigenvalue weighted by Gasteiger charge is 2.37. The topological polar surface area (TPSA) is 163 Å². The number of nitrogens with one attached hydrogen (secondary N) is 1. The first-order valence-corrected chi connectivity index (χ1v) is 16.4. The number of hydrogen-bond donors (Lipinski definition) is 4. The van der Waals surface area contributed by atoms with E-state index in [4.69, 9.17) is 5.73 Å². The number of phenolic OH excluding ortho intramolecular Hbond substituents is 1. The number of para-hydroxylation sites is 1. The van der Waals surface area contributed by atoms with Gasteiger partial charge in [0.25, 0.3) is 0 Å². The predicted octanol–water partition coefficient (Wildman–Crippen LogP) is 3.30. The standard InChI is InChI=1S/C34H48N8O4/c1-34(2,3)31(33(46)41-16-13-25(43)22-41)37-30(45)12-6-7-14-40-15-8-9-23(19-40)20-42-21-24(18-36-42)27-17-28(38-39-32(27)35)26-10-4-5-11-29(26)44/h4-5,10-11,17-18,21,23,25,31,43-44H,6-9,12-16,19-20,22H2,1-3H3,(H2,35,39)(H,37,45)/t23-,25-,31-/m1/s1. The number of piperidine rings is 1. The van der Waals surface area contributed by atoms with Gasteiger partial charge >= 0.3 is 0 Å². The number of β-amino-alcohol motifs (C(OH)–C–C–N with tert-alkyl or cyclic N) is 1. The van der Waals surface area contributed by atoms with Crippen molar-refractivity contribution in [1.82, 2.24) is 35.1 Å². The van der Waals surface area contributed by atoms with E-state index in [2.05, 4.69) is 25.5 Å². The summed E-state index contributed by atoms with van der Waals surface area (Å²) in [5.74, 6) is 0.686. The van der Waals surface area contributed by atoms with Crippen molar-refractivity contribution in [2.75, 3.05) is 38.5 Å². The van der Waals surface area contributed by atoms with Crippen molar-refractivity contribution in [3.05, 3.63) is 42.7 Å². The largest absolute Gasteiger partial charge is 0.507 e. The molecule has 3 atom stereocenters. The molecule has 248 valence electrons. The Bertz CT molecular complexity index is 1500. The number of unbranched alkanes of at least 4 members (excludes halogenated alkanes) is 1. The minimum Gasteiger partial charge on any atom is -0.507 e. The third-order valence-electron chi connectivity index (χ3n) is 9.02. The van der Waals surface area contributed by atoms with Crippen LogP contribution in [0.4, 0.5) is 5.82 Å². The number of phenols is 1. The lowest BCUT2D eigenvalue weighted by molar-refractivity contribution is -0.138. The molecule has 12 heteroatoms. The molecule has 0 spiro atoms.